The Balaban J connectivity index is 1.48. The molecule has 164 valence electrons. The molecule has 1 heterocycles. The maximum Gasteiger partial charge on any atom is 0.261 e. The molecule has 32 heavy (non-hydrogen) atoms. The topological polar surface area (TPSA) is 67.4 Å². The van der Waals surface area contributed by atoms with Crippen LogP contribution in [0, 0.1) is 11.7 Å². The molecule has 3 aromatic carbocycles. The van der Waals surface area contributed by atoms with Crippen molar-refractivity contribution in [1.82, 2.24) is 0 Å². The van der Waals surface area contributed by atoms with Crippen LogP contribution in [0.25, 0.3) is 0 Å². The van der Waals surface area contributed by atoms with Crippen LogP contribution in [0.15, 0.2) is 83.8 Å². The van der Waals surface area contributed by atoms with Crippen molar-refractivity contribution in [2.45, 2.75) is 23.3 Å². The van der Waals surface area contributed by atoms with E-state index >= 15 is 0 Å². The third-order valence-corrected chi connectivity index (χ3v) is 7.57. The number of ether oxygens (including phenoxy) is 1. The lowest BCUT2D eigenvalue weighted by Crippen LogP contribution is -2.29. The maximum atomic E-state index is 13.2. The molecular formula is C25H23FN2O3S. The molecule has 3 atom stereocenters. The van der Waals surface area contributed by atoms with Crippen molar-refractivity contribution in [2.24, 2.45) is 5.92 Å². The summed E-state index contributed by atoms with van der Waals surface area (Å²) in [4.78, 5) is 0.182. The number of methoxy groups -OCH3 is 1. The Hall–Kier alpha value is -3.32. The van der Waals surface area contributed by atoms with Crippen LogP contribution in [0.5, 0.6) is 5.75 Å². The summed E-state index contributed by atoms with van der Waals surface area (Å²) in [5.74, 6) is 0.782. The lowest BCUT2D eigenvalue weighted by atomic mass is 9.77. The van der Waals surface area contributed by atoms with Gasteiger partial charge in [-0.15, -0.1) is 0 Å². The van der Waals surface area contributed by atoms with E-state index in [1.165, 1.54) is 24.3 Å². The molecule has 0 fully saturated rings. The van der Waals surface area contributed by atoms with Crippen LogP contribution >= 0.6 is 0 Å². The van der Waals surface area contributed by atoms with E-state index in [4.69, 9.17) is 4.74 Å². The molecule has 2 aliphatic rings. The second-order valence-corrected chi connectivity index (χ2v) is 9.80. The molecule has 0 saturated heterocycles. The van der Waals surface area contributed by atoms with Gasteiger partial charge < -0.3 is 10.1 Å². The Kier molecular flexibility index (Phi) is 5.13. The third-order valence-electron chi connectivity index (χ3n) is 6.19. The van der Waals surface area contributed by atoms with Gasteiger partial charge >= 0.3 is 0 Å². The quantitative estimate of drug-likeness (QED) is 0.507. The highest BCUT2D eigenvalue weighted by molar-refractivity contribution is 7.92. The van der Waals surface area contributed by atoms with Crippen LogP contribution in [-0.2, 0) is 10.0 Å². The summed E-state index contributed by atoms with van der Waals surface area (Å²) in [6.45, 7) is 0. The van der Waals surface area contributed by atoms with Gasteiger partial charge in [0, 0.05) is 17.3 Å². The number of halogens is 1. The zero-order valence-electron chi connectivity index (χ0n) is 17.5. The molecule has 2 N–H and O–H groups in total. The predicted octanol–water partition coefficient (Wildman–Crippen LogP) is 5.46. The minimum absolute atomic E-state index is 0.0948. The van der Waals surface area contributed by atoms with E-state index in [0.717, 1.165) is 29.0 Å². The molecule has 1 aliphatic carbocycles. The predicted molar refractivity (Wildman–Crippen MR) is 123 cm³/mol. The molecule has 3 aromatic rings. The summed E-state index contributed by atoms with van der Waals surface area (Å²) >= 11 is 0. The van der Waals surface area contributed by atoms with Crippen molar-refractivity contribution in [3.05, 3.63) is 95.8 Å². The summed E-state index contributed by atoms with van der Waals surface area (Å²) in [6.07, 6.45) is 5.24. The maximum absolute atomic E-state index is 13.2. The Morgan fingerprint density at radius 3 is 2.66 bits per heavy atom. The van der Waals surface area contributed by atoms with E-state index in [0.29, 0.717) is 5.69 Å². The van der Waals surface area contributed by atoms with Gasteiger partial charge in [-0.3, -0.25) is 4.72 Å². The number of benzene rings is 3. The van der Waals surface area contributed by atoms with E-state index < -0.39 is 15.8 Å². The van der Waals surface area contributed by atoms with E-state index in [2.05, 4.69) is 28.3 Å². The fraction of sp³-hybridized carbons (Fsp3) is 0.200. The molecule has 0 saturated carbocycles. The molecule has 5 nitrogen and oxygen atoms in total. The van der Waals surface area contributed by atoms with E-state index in [-0.39, 0.29) is 22.8 Å². The first-order chi connectivity index (χ1) is 15.4. The normalized spacial score (nSPS) is 21.4. The highest BCUT2D eigenvalue weighted by Gasteiger charge is 2.38. The number of sulfonamides is 1. The number of hydrogen-bond acceptors (Lipinski definition) is 4. The highest BCUT2D eigenvalue weighted by atomic mass is 32.2. The smallest absolute Gasteiger partial charge is 0.261 e. The Labute approximate surface area is 187 Å². The van der Waals surface area contributed by atoms with Crippen LogP contribution < -0.4 is 14.8 Å². The number of fused-ring (bicyclic) bond motifs is 3. The van der Waals surface area contributed by atoms with Crippen molar-refractivity contribution in [3.63, 3.8) is 0 Å². The molecule has 0 aromatic heterocycles. The van der Waals surface area contributed by atoms with Gasteiger partial charge in [0.05, 0.1) is 18.0 Å². The summed E-state index contributed by atoms with van der Waals surface area (Å²) < 4.78 is 47.0. The van der Waals surface area contributed by atoms with E-state index in [9.17, 15) is 12.8 Å². The SMILES string of the molecule is COc1cccc([C@H]2Nc3ccc(S(=O)(=O)Nc4ccc(F)cc4)cc3[C@H]3C=CC[C@H]32)c1. The monoisotopic (exact) mass is 450 g/mol. The molecule has 1 aliphatic heterocycles. The molecule has 0 bridgehead atoms. The highest BCUT2D eigenvalue weighted by Crippen LogP contribution is 2.50. The van der Waals surface area contributed by atoms with Gasteiger partial charge in [0.25, 0.3) is 10.0 Å². The second kappa shape index (κ2) is 7.98. The average Bonchev–Trinajstić information content (AvgIpc) is 3.30. The average molecular weight is 451 g/mol. The van der Waals surface area contributed by atoms with Crippen LogP contribution in [0.3, 0.4) is 0 Å². The largest absolute Gasteiger partial charge is 0.497 e. The fourth-order valence-corrected chi connectivity index (χ4v) is 5.73. The Bertz CT molecular complexity index is 1290. The van der Waals surface area contributed by atoms with Gasteiger partial charge in [-0.25, -0.2) is 12.8 Å². The van der Waals surface area contributed by atoms with Crippen LogP contribution in [0.1, 0.15) is 29.5 Å². The van der Waals surface area contributed by atoms with Gasteiger partial charge in [0.15, 0.2) is 0 Å². The summed E-state index contributed by atoms with van der Waals surface area (Å²) in [6, 6.07) is 18.6. The number of allylic oxidation sites excluding steroid dienone is 2. The van der Waals surface area contributed by atoms with Crippen molar-refractivity contribution in [3.8, 4) is 5.75 Å². The van der Waals surface area contributed by atoms with Crippen molar-refractivity contribution >= 4 is 21.4 Å². The Morgan fingerprint density at radius 2 is 1.88 bits per heavy atom. The van der Waals surface area contributed by atoms with Gasteiger partial charge in [0.1, 0.15) is 11.6 Å². The van der Waals surface area contributed by atoms with Crippen molar-refractivity contribution in [1.29, 1.82) is 0 Å². The lowest BCUT2D eigenvalue weighted by Gasteiger charge is -2.37. The first-order valence-electron chi connectivity index (χ1n) is 10.4. The molecular weight excluding hydrogens is 427 g/mol. The number of rotatable bonds is 5. The first-order valence-corrected chi connectivity index (χ1v) is 11.9. The standard InChI is InChI=1S/C25H23FN2O3S/c1-31-19-5-2-4-16(14-19)25-22-7-3-6-21(22)23-15-20(12-13-24(23)27-25)32(29,30)28-18-10-8-17(26)9-11-18/h2-6,8-15,21-22,25,27-28H,7H2,1H3/t21-,22+,25+/m0/s1. The second-order valence-electron chi connectivity index (χ2n) is 8.11. The zero-order valence-corrected chi connectivity index (χ0v) is 18.3. The number of hydrogen-bond donors (Lipinski definition) is 2. The summed E-state index contributed by atoms with van der Waals surface area (Å²) in [5, 5.41) is 3.62. The van der Waals surface area contributed by atoms with Crippen molar-refractivity contribution < 1.29 is 17.5 Å². The molecule has 0 amide bonds. The minimum atomic E-state index is -3.80. The van der Waals surface area contributed by atoms with Gasteiger partial charge in [-0.2, -0.15) is 0 Å². The number of nitrogens with one attached hydrogen (secondary N) is 2. The summed E-state index contributed by atoms with van der Waals surface area (Å²) in [5.41, 5.74) is 3.35. The zero-order chi connectivity index (χ0) is 22.3. The first kappa shape index (κ1) is 20.6. The molecule has 5 rings (SSSR count). The van der Waals surface area contributed by atoms with E-state index in [1.807, 2.05) is 24.3 Å². The lowest BCUT2D eigenvalue weighted by molar-refractivity contribution is 0.406. The molecule has 7 heteroatoms. The van der Waals surface area contributed by atoms with E-state index in [1.54, 1.807) is 19.2 Å². The number of anilines is 2. The van der Waals surface area contributed by atoms with Gasteiger partial charge in [-0.05, 0) is 78.1 Å². The Morgan fingerprint density at radius 1 is 1.06 bits per heavy atom. The van der Waals surface area contributed by atoms with Crippen molar-refractivity contribution in [2.75, 3.05) is 17.1 Å². The third kappa shape index (κ3) is 3.73. The van der Waals surface area contributed by atoms with Crippen LogP contribution in [0.4, 0.5) is 15.8 Å². The molecule has 0 spiro atoms. The van der Waals surface area contributed by atoms with Crippen LogP contribution in [0.2, 0.25) is 0 Å². The van der Waals surface area contributed by atoms with Crippen LogP contribution in [-0.4, -0.2) is 15.5 Å². The summed E-state index contributed by atoms with van der Waals surface area (Å²) in [7, 11) is -2.15. The molecule has 0 radical (unpaired) electrons. The van der Waals surface area contributed by atoms with Gasteiger partial charge in [-0.1, -0.05) is 24.3 Å². The minimum Gasteiger partial charge on any atom is -0.497 e. The van der Waals surface area contributed by atoms with Gasteiger partial charge in [0.2, 0.25) is 0 Å². The molecule has 0 unspecified atom stereocenters. The fourth-order valence-electron chi connectivity index (χ4n) is 4.64.